The normalized spacial score (nSPS) is 16.1. The van der Waals surface area contributed by atoms with Gasteiger partial charge < -0.3 is 0 Å². The Labute approximate surface area is 188 Å². The molecule has 0 radical (unpaired) electrons. The van der Waals surface area contributed by atoms with Crippen molar-refractivity contribution >= 4 is 33.5 Å². The summed E-state index contributed by atoms with van der Waals surface area (Å²) >= 11 is 3.54. The van der Waals surface area contributed by atoms with Crippen molar-refractivity contribution in [2.75, 3.05) is 5.01 Å². The van der Waals surface area contributed by atoms with Gasteiger partial charge in [-0.2, -0.15) is 10.2 Å². The van der Waals surface area contributed by atoms with Crippen molar-refractivity contribution in [3.63, 3.8) is 0 Å². The molecule has 0 bridgehead atoms. The molecule has 1 aromatic heterocycles. The maximum absolute atomic E-state index is 5.01. The Balaban J connectivity index is 1.45. The summed E-state index contributed by atoms with van der Waals surface area (Å²) in [4.78, 5) is 0. The predicted molar refractivity (Wildman–Crippen MR) is 126 cm³/mol. The lowest BCUT2D eigenvalue weighted by Crippen LogP contribution is -2.18. The number of hydrazone groups is 1. The molecule has 0 spiro atoms. The summed E-state index contributed by atoms with van der Waals surface area (Å²) < 4.78 is 2.63. The summed E-state index contributed by atoms with van der Waals surface area (Å²) in [5.41, 5.74) is 5.51. The molecule has 31 heavy (non-hydrogen) atoms. The molecule has 6 nitrogen and oxygen atoms in total. The fraction of sp³-hybridized carbons (Fsp3) is 0.0833. The van der Waals surface area contributed by atoms with E-state index in [1.807, 2.05) is 18.2 Å². The highest BCUT2D eigenvalue weighted by Crippen LogP contribution is 2.37. The standard InChI is InChI=1S/C24H19BrN6/c25-21-10-8-20(9-11-21)24-14-23(19-4-2-1-3-5-19)29-31(24)22-12-6-18(7-13-22)15-28-30-16-26-27-17-30/h1-13,15-17,24H,14H2/b28-15+/t24-/m1/s1. The topological polar surface area (TPSA) is 58.7 Å². The Kier molecular flexibility index (Phi) is 5.41. The van der Waals surface area contributed by atoms with Crippen LogP contribution in [0.5, 0.6) is 0 Å². The van der Waals surface area contributed by atoms with Crippen LogP contribution in [0, 0.1) is 0 Å². The minimum Gasteiger partial charge on any atom is -0.257 e. The zero-order chi connectivity index (χ0) is 21.0. The molecule has 0 saturated carbocycles. The van der Waals surface area contributed by atoms with E-state index in [-0.39, 0.29) is 6.04 Å². The molecule has 2 heterocycles. The van der Waals surface area contributed by atoms with Gasteiger partial charge in [-0.15, -0.1) is 10.2 Å². The van der Waals surface area contributed by atoms with E-state index in [2.05, 4.69) is 96.9 Å². The fourth-order valence-electron chi connectivity index (χ4n) is 3.60. The number of hydrogen-bond donors (Lipinski definition) is 0. The first kappa shape index (κ1) is 19.4. The second-order valence-electron chi connectivity index (χ2n) is 7.21. The molecule has 0 fully saturated rings. The van der Waals surface area contributed by atoms with Gasteiger partial charge in [-0.3, -0.25) is 5.01 Å². The van der Waals surface area contributed by atoms with Gasteiger partial charge in [0.2, 0.25) is 0 Å². The van der Waals surface area contributed by atoms with Gasteiger partial charge in [-0.25, -0.2) is 4.68 Å². The molecular formula is C24H19BrN6. The Bertz CT molecular complexity index is 1200. The third kappa shape index (κ3) is 4.32. The number of hydrogen-bond acceptors (Lipinski definition) is 5. The zero-order valence-corrected chi connectivity index (χ0v) is 18.2. The SMILES string of the molecule is Brc1ccc([C@H]2CC(c3ccccc3)=NN2c2ccc(/C=N/n3cnnc3)cc2)cc1. The lowest BCUT2D eigenvalue weighted by molar-refractivity contribution is 0.709. The first-order chi connectivity index (χ1) is 15.3. The molecule has 1 aliphatic heterocycles. The first-order valence-corrected chi connectivity index (χ1v) is 10.7. The smallest absolute Gasteiger partial charge is 0.141 e. The number of halogens is 1. The molecule has 3 aromatic carbocycles. The van der Waals surface area contributed by atoms with Crippen LogP contribution in [0.1, 0.15) is 29.2 Å². The van der Waals surface area contributed by atoms with E-state index in [0.717, 1.165) is 33.4 Å². The average molecular weight is 471 g/mol. The van der Waals surface area contributed by atoms with Crippen LogP contribution in [0.15, 0.2) is 106 Å². The predicted octanol–water partition coefficient (Wildman–Crippen LogP) is 5.28. The zero-order valence-electron chi connectivity index (χ0n) is 16.6. The average Bonchev–Trinajstić information content (AvgIpc) is 3.50. The van der Waals surface area contributed by atoms with Crippen molar-refractivity contribution < 1.29 is 0 Å². The Morgan fingerprint density at radius 1 is 0.871 bits per heavy atom. The van der Waals surface area contributed by atoms with E-state index in [1.165, 1.54) is 5.56 Å². The van der Waals surface area contributed by atoms with Crippen molar-refractivity contribution in [3.05, 3.63) is 113 Å². The molecule has 1 aliphatic rings. The maximum atomic E-state index is 5.01. The van der Waals surface area contributed by atoms with Crippen LogP contribution in [0.25, 0.3) is 0 Å². The number of benzene rings is 3. The largest absolute Gasteiger partial charge is 0.257 e. The van der Waals surface area contributed by atoms with E-state index in [0.29, 0.717) is 0 Å². The lowest BCUT2D eigenvalue weighted by atomic mass is 9.98. The highest BCUT2D eigenvalue weighted by molar-refractivity contribution is 9.10. The van der Waals surface area contributed by atoms with Gasteiger partial charge in [-0.05, 0) is 41.0 Å². The van der Waals surface area contributed by atoms with Crippen LogP contribution in [0.2, 0.25) is 0 Å². The van der Waals surface area contributed by atoms with E-state index in [1.54, 1.807) is 23.5 Å². The number of nitrogens with zero attached hydrogens (tertiary/aromatic N) is 6. The highest BCUT2D eigenvalue weighted by Gasteiger charge is 2.29. The summed E-state index contributed by atoms with van der Waals surface area (Å²) in [6.07, 6.45) is 5.74. The van der Waals surface area contributed by atoms with Gasteiger partial charge in [0.1, 0.15) is 12.7 Å². The molecular weight excluding hydrogens is 452 g/mol. The lowest BCUT2D eigenvalue weighted by Gasteiger charge is -2.24. The van der Waals surface area contributed by atoms with E-state index in [4.69, 9.17) is 5.10 Å². The molecule has 0 amide bonds. The molecule has 0 unspecified atom stereocenters. The molecule has 0 aliphatic carbocycles. The molecule has 152 valence electrons. The molecule has 4 aromatic rings. The Hall–Kier alpha value is -3.58. The summed E-state index contributed by atoms with van der Waals surface area (Å²) in [7, 11) is 0. The van der Waals surface area contributed by atoms with Crippen LogP contribution >= 0.6 is 15.9 Å². The Morgan fingerprint density at radius 3 is 2.29 bits per heavy atom. The van der Waals surface area contributed by atoms with Gasteiger partial charge in [0, 0.05) is 10.9 Å². The maximum Gasteiger partial charge on any atom is 0.141 e. The molecule has 7 heteroatoms. The van der Waals surface area contributed by atoms with Gasteiger partial charge in [0.05, 0.1) is 23.7 Å². The van der Waals surface area contributed by atoms with Crippen molar-refractivity contribution in [2.45, 2.75) is 12.5 Å². The second kappa shape index (κ2) is 8.65. The number of rotatable bonds is 5. The number of aromatic nitrogens is 3. The van der Waals surface area contributed by atoms with Crippen molar-refractivity contribution in [1.29, 1.82) is 0 Å². The summed E-state index contributed by atoms with van der Waals surface area (Å²) in [6, 6.07) is 27.2. The monoisotopic (exact) mass is 470 g/mol. The van der Waals surface area contributed by atoms with Gasteiger partial charge in [0.15, 0.2) is 0 Å². The van der Waals surface area contributed by atoms with Crippen LogP contribution < -0.4 is 5.01 Å². The first-order valence-electron chi connectivity index (χ1n) is 9.93. The van der Waals surface area contributed by atoms with Crippen molar-refractivity contribution in [3.8, 4) is 0 Å². The highest BCUT2D eigenvalue weighted by atomic mass is 79.9. The Morgan fingerprint density at radius 2 is 1.58 bits per heavy atom. The van der Waals surface area contributed by atoms with E-state index in [9.17, 15) is 0 Å². The summed E-state index contributed by atoms with van der Waals surface area (Å²) in [5.74, 6) is 0. The van der Waals surface area contributed by atoms with Gasteiger partial charge in [-0.1, -0.05) is 70.5 Å². The third-order valence-electron chi connectivity index (χ3n) is 5.18. The van der Waals surface area contributed by atoms with Gasteiger partial charge in [0.25, 0.3) is 0 Å². The van der Waals surface area contributed by atoms with Crippen molar-refractivity contribution in [2.24, 2.45) is 10.2 Å². The van der Waals surface area contributed by atoms with Crippen molar-refractivity contribution in [1.82, 2.24) is 14.9 Å². The molecule has 0 saturated heterocycles. The van der Waals surface area contributed by atoms with Crippen LogP contribution in [0.4, 0.5) is 5.69 Å². The van der Waals surface area contributed by atoms with Crippen LogP contribution in [-0.2, 0) is 0 Å². The van der Waals surface area contributed by atoms with Gasteiger partial charge >= 0.3 is 0 Å². The summed E-state index contributed by atoms with van der Waals surface area (Å²) in [6.45, 7) is 0. The summed E-state index contributed by atoms with van der Waals surface area (Å²) in [5, 5.41) is 18.9. The molecule has 1 atom stereocenters. The quantitative estimate of drug-likeness (QED) is 0.372. The number of anilines is 1. The van der Waals surface area contributed by atoms with Crippen LogP contribution in [-0.4, -0.2) is 26.8 Å². The van der Waals surface area contributed by atoms with Crippen LogP contribution in [0.3, 0.4) is 0 Å². The second-order valence-corrected chi connectivity index (χ2v) is 8.12. The fourth-order valence-corrected chi connectivity index (χ4v) is 3.86. The minimum absolute atomic E-state index is 0.139. The van der Waals surface area contributed by atoms with E-state index >= 15 is 0 Å². The van der Waals surface area contributed by atoms with E-state index < -0.39 is 0 Å². The third-order valence-corrected chi connectivity index (χ3v) is 5.71. The molecule has 5 rings (SSSR count). The molecule has 0 N–H and O–H groups in total. The minimum atomic E-state index is 0.139.